The van der Waals surface area contributed by atoms with Gasteiger partial charge in [-0.25, -0.2) is 0 Å². The highest BCUT2D eigenvalue weighted by Gasteiger charge is 2.43. The summed E-state index contributed by atoms with van der Waals surface area (Å²) in [5.74, 6) is 0.378. The number of carbonyl (C=O) groups is 2. The molecule has 0 unspecified atom stereocenters. The van der Waals surface area contributed by atoms with Gasteiger partial charge in [-0.2, -0.15) is 0 Å². The van der Waals surface area contributed by atoms with Crippen LogP contribution in [0, 0.1) is 5.41 Å². The normalized spacial score (nSPS) is 17.0. The molecule has 7 nitrogen and oxygen atoms in total. The minimum atomic E-state index is -0.787. The molecule has 2 aliphatic rings. The number of nitrogens with zero attached hydrogens (tertiary/aromatic N) is 1. The molecular weight excluding hydrogens is 392 g/mol. The van der Waals surface area contributed by atoms with Gasteiger partial charge in [-0.3, -0.25) is 9.59 Å². The minimum Gasteiger partial charge on any atom is -0.467 e. The second kappa shape index (κ2) is 8.06. The van der Waals surface area contributed by atoms with E-state index in [4.69, 9.17) is 15.9 Å². The van der Waals surface area contributed by atoms with E-state index in [0.29, 0.717) is 60.5 Å². The standard InChI is InChI=1S/C24H28N4O3/c1-3-15-5-6-20-19(11-15)22(29)27-24(31-20)7-9-28(10-8-24)23(30)17-12-16(4-2)21(26)18(13-17)14-25/h5-6,11-14,25H,3-4,7-10,26H2,1-2H3,(H,27,29). The largest absolute Gasteiger partial charge is 0.467 e. The van der Waals surface area contributed by atoms with Crippen molar-refractivity contribution in [2.24, 2.45) is 0 Å². The maximum atomic E-state index is 13.1. The number of nitrogens with one attached hydrogen (secondary N) is 2. The lowest BCUT2D eigenvalue weighted by molar-refractivity contribution is -0.0245. The topological polar surface area (TPSA) is 109 Å². The number of ether oxygens (including phenoxy) is 1. The summed E-state index contributed by atoms with van der Waals surface area (Å²) in [6.45, 7) is 4.95. The number of fused-ring (bicyclic) bond motifs is 1. The lowest BCUT2D eigenvalue weighted by Gasteiger charge is -2.44. The van der Waals surface area contributed by atoms with Crippen LogP contribution in [-0.2, 0) is 12.8 Å². The number of carbonyl (C=O) groups excluding carboxylic acids is 2. The van der Waals surface area contributed by atoms with Gasteiger partial charge in [0.25, 0.3) is 11.8 Å². The van der Waals surface area contributed by atoms with Crippen LogP contribution < -0.4 is 15.8 Å². The van der Waals surface area contributed by atoms with Gasteiger partial charge >= 0.3 is 0 Å². The van der Waals surface area contributed by atoms with Crippen molar-refractivity contribution in [1.29, 1.82) is 5.41 Å². The van der Waals surface area contributed by atoms with E-state index in [1.165, 1.54) is 6.21 Å². The number of aryl methyl sites for hydroxylation is 2. The third-order valence-corrected chi connectivity index (χ3v) is 6.28. The van der Waals surface area contributed by atoms with Gasteiger partial charge < -0.3 is 26.1 Å². The molecular formula is C24H28N4O3. The van der Waals surface area contributed by atoms with E-state index in [2.05, 4.69) is 5.32 Å². The fraction of sp³-hybridized carbons (Fsp3) is 0.375. The quantitative estimate of drug-likeness (QED) is 0.521. The summed E-state index contributed by atoms with van der Waals surface area (Å²) in [5.41, 5.74) is 9.46. The third kappa shape index (κ3) is 3.76. The molecule has 0 bridgehead atoms. The Balaban J connectivity index is 1.50. The molecule has 0 aliphatic carbocycles. The average molecular weight is 421 g/mol. The third-order valence-electron chi connectivity index (χ3n) is 6.28. The molecule has 0 saturated carbocycles. The molecule has 162 valence electrons. The second-order valence-electron chi connectivity index (χ2n) is 8.16. The lowest BCUT2D eigenvalue weighted by atomic mass is 9.95. The monoisotopic (exact) mass is 420 g/mol. The molecule has 1 fully saturated rings. The van der Waals surface area contributed by atoms with Gasteiger partial charge in [0.1, 0.15) is 5.75 Å². The van der Waals surface area contributed by atoms with Gasteiger partial charge in [-0.05, 0) is 48.2 Å². The number of hydrogen-bond donors (Lipinski definition) is 3. The molecule has 1 spiro atoms. The van der Waals surface area contributed by atoms with Crippen LogP contribution in [0.5, 0.6) is 5.75 Å². The van der Waals surface area contributed by atoms with Crippen LogP contribution in [0.2, 0.25) is 0 Å². The van der Waals surface area contributed by atoms with Gasteiger partial charge in [0.05, 0.1) is 5.56 Å². The van der Waals surface area contributed by atoms with Crippen molar-refractivity contribution in [2.45, 2.75) is 45.3 Å². The van der Waals surface area contributed by atoms with Crippen LogP contribution in [0.25, 0.3) is 0 Å². The number of likely N-dealkylation sites (tertiary alicyclic amines) is 1. The number of nitrogens with two attached hydrogens (primary N) is 1. The molecule has 1 saturated heterocycles. The Morgan fingerprint density at radius 3 is 2.61 bits per heavy atom. The highest BCUT2D eigenvalue weighted by Crippen LogP contribution is 2.34. The van der Waals surface area contributed by atoms with Crippen molar-refractivity contribution in [1.82, 2.24) is 10.2 Å². The molecule has 0 atom stereocenters. The first kappa shape index (κ1) is 20.9. The minimum absolute atomic E-state index is 0.0947. The Bertz CT molecular complexity index is 1060. The van der Waals surface area contributed by atoms with E-state index in [9.17, 15) is 9.59 Å². The van der Waals surface area contributed by atoms with E-state index in [1.807, 2.05) is 38.1 Å². The van der Waals surface area contributed by atoms with Crippen LogP contribution in [-0.4, -0.2) is 41.7 Å². The molecule has 0 radical (unpaired) electrons. The van der Waals surface area contributed by atoms with Crippen molar-refractivity contribution in [2.75, 3.05) is 18.8 Å². The summed E-state index contributed by atoms with van der Waals surface area (Å²) in [5, 5.41) is 10.6. The summed E-state index contributed by atoms with van der Waals surface area (Å²) in [7, 11) is 0. The zero-order valence-electron chi connectivity index (χ0n) is 18.0. The summed E-state index contributed by atoms with van der Waals surface area (Å²) in [6, 6.07) is 9.22. The maximum Gasteiger partial charge on any atom is 0.258 e. The number of nitrogen functional groups attached to an aromatic ring is 1. The lowest BCUT2D eigenvalue weighted by Crippen LogP contribution is -2.61. The van der Waals surface area contributed by atoms with Crippen LogP contribution in [0.15, 0.2) is 30.3 Å². The zero-order valence-corrected chi connectivity index (χ0v) is 18.0. The van der Waals surface area contributed by atoms with E-state index < -0.39 is 5.72 Å². The van der Waals surface area contributed by atoms with Crippen LogP contribution in [0.3, 0.4) is 0 Å². The Labute approximate surface area is 182 Å². The number of rotatable bonds is 4. The Kier molecular flexibility index (Phi) is 5.43. The second-order valence-corrected chi connectivity index (χ2v) is 8.16. The molecule has 31 heavy (non-hydrogen) atoms. The molecule has 2 heterocycles. The summed E-state index contributed by atoms with van der Waals surface area (Å²) in [6.07, 6.45) is 3.74. The van der Waals surface area contributed by atoms with Gasteiger partial charge in [0.2, 0.25) is 0 Å². The summed E-state index contributed by atoms with van der Waals surface area (Å²) < 4.78 is 6.24. The van der Waals surface area contributed by atoms with Crippen molar-refractivity contribution >= 4 is 23.7 Å². The summed E-state index contributed by atoms with van der Waals surface area (Å²) >= 11 is 0. The molecule has 2 aromatic rings. The van der Waals surface area contributed by atoms with Gasteiger partial charge in [0, 0.05) is 49.0 Å². The molecule has 2 amide bonds. The van der Waals surface area contributed by atoms with Crippen molar-refractivity contribution in [3.05, 3.63) is 58.1 Å². The Morgan fingerprint density at radius 2 is 1.97 bits per heavy atom. The SMILES string of the molecule is CCc1ccc2c(c1)C(=O)NC1(CCN(C(=O)c3cc(C=N)c(N)c(CC)c3)CC1)O2. The van der Waals surface area contributed by atoms with Crippen molar-refractivity contribution in [3.63, 3.8) is 0 Å². The van der Waals surface area contributed by atoms with Crippen molar-refractivity contribution < 1.29 is 14.3 Å². The Morgan fingerprint density at radius 1 is 1.23 bits per heavy atom. The van der Waals surface area contributed by atoms with Crippen LogP contribution >= 0.6 is 0 Å². The van der Waals surface area contributed by atoms with Crippen LogP contribution in [0.1, 0.15) is 64.1 Å². The van der Waals surface area contributed by atoms with E-state index in [0.717, 1.165) is 17.5 Å². The molecule has 2 aromatic carbocycles. The van der Waals surface area contributed by atoms with E-state index in [-0.39, 0.29) is 11.8 Å². The highest BCUT2D eigenvalue weighted by molar-refractivity contribution is 5.99. The van der Waals surface area contributed by atoms with Gasteiger partial charge in [-0.1, -0.05) is 19.9 Å². The molecule has 0 aromatic heterocycles. The number of benzene rings is 2. The molecule has 4 N–H and O–H groups in total. The van der Waals surface area contributed by atoms with Gasteiger partial charge in [-0.15, -0.1) is 0 Å². The molecule has 4 rings (SSSR count). The first-order chi connectivity index (χ1) is 14.9. The van der Waals surface area contributed by atoms with E-state index in [1.54, 1.807) is 11.0 Å². The first-order valence-electron chi connectivity index (χ1n) is 10.8. The van der Waals surface area contributed by atoms with Crippen molar-refractivity contribution in [3.8, 4) is 5.75 Å². The molecule has 7 heteroatoms. The zero-order chi connectivity index (χ0) is 22.2. The fourth-order valence-corrected chi connectivity index (χ4v) is 4.33. The number of hydrogen-bond acceptors (Lipinski definition) is 5. The molecule has 2 aliphatic heterocycles. The number of anilines is 1. The van der Waals surface area contributed by atoms with E-state index >= 15 is 0 Å². The van der Waals surface area contributed by atoms with Gasteiger partial charge in [0.15, 0.2) is 5.72 Å². The first-order valence-corrected chi connectivity index (χ1v) is 10.8. The average Bonchev–Trinajstić information content (AvgIpc) is 2.79. The smallest absolute Gasteiger partial charge is 0.258 e. The maximum absolute atomic E-state index is 13.1. The van der Waals surface area contributed by atoms with Crippen LogP contribution in [0.4, 0.5) is 5.69 Å². The predicted octanol–water partition coefficient (Wildman–Crippen LogP) is 3.15. The number of amides is 2. The predicted molar refractivity (Wildman–Crippen MR) is 120 cm³/mol. The fourth-order valence-electron chi connectivity index (χ4n) is 4.33. The Hall–Kier alpha value is -3.35. The summed E-state index contributed by atoms with van der Waals surface area (Å²) in [4.78, 5) is 27.6. The highest BCUT2D eigenvalue weighted by atomic mass is 16.5. The number of piperidine rings is 1.